The number of aromatic nitrogens is 1. The average Bonchev–Trinajstić information content (AvgIpc) is 2.57. The molecule has 1 saturated carbocycles. The zero-order valence-corrected chi connectivity index (χ0v) is 10.3. The minimum atomic E-state index is -0.105. The Morgan fingerprint density at radius 1 is 1.62 bits per heavy atom. The molecule has 1 heterocycles. The van der Waals surface area contributed by atoms with E-state index in [0.717, 1.165) is 24.4 Å². The van der Waals surface area contributed by atoms with Crippen molar-refractivity contribution >= 4 is 22.4 Å². The molecule has 1 aliphatic carbocycles. The van der Waals surface area contributed by atoms with Crippen LogP contribution in [0, 0.1) is 5.92 Å². The van der Waals surface area contributed by atoms with E-state index in [1.54, 1.807) is 7.11 Å². The van der Waals surface area contributed by atoms with E-state index in [1.165, 1.54) is 11.5 Å². The Morgan fingerprint density at radius 3 is 2.88 bits per heavy atom. The third-order valence-electron chi connectivity index (χ3n) is 2.95. The number of nitrogens with zero attached hydrogens (tertiary/aromatic N) is 2. The molecule has 0 atom stereocenters. The van der Waals surface area contributed by atoms with Gasteiger partial charge in [0.1, 0.15) is 0 Å². The van der Waals surface area contributed by atoms with Crippen LogP contribution in [0.4, 0.5) is 10.8 Å². The molecule has 0 radical (unpaired) electrons. The van der Waals surface area contributed by atoms with Crippen molar-refractivity contribution < 1.29 is 9.84 Å². The second-order valence-corrected chi connectivity index (χ2v) is 5.03. The maximum atomic E-state index is 9.23. The lowest BCUT2D eigenvalue weighted by molar-refractivity contribution is 0.0465. The second kappa shape index (κ2) is 4.47. The third kappa shape index (κ3) is 2.08. The maximum absolute atomic E-state index is 9.23. The number of anilines is 2. The monoisotopic (exact) mass is 243 g/mol. The van der Waals surface area contributed by atoms with Crippen LogP contribution in [0.5, 0.6) is 5.75 Å². The van der Waals surface area contributed by atoms with Gasteiger partial charge in [-0.05, 0) is 30.3 Å². The highest BCUT2D eigenvalue weighted by atomic mass is 32.1. The summed E-state index contributed by atoms with van der Waals surface area (Å²) < 4.78 is 9.30. The molecule has 0 saturated heterocycles. The van der Waals surface area contributed by atoms with Gasteiger partial charge in [-0.3, -0.25) is 0 Å². The molecule has 16 heavy (non-hydrogen) atoms. The summed E-state index contributed by atoms with van der Waals surface area (Å²) in [5.74, 6) is 1.67. The van der Waals surface area contributed by atoms with Gasteiger partial charge in [0.25, 0.3) is 0 Å². The van der Waals surface area contributed by atoms with Crippen LogP contribution in [0.2, 0.25) is 0 Å². The molecule has 0 aromatic carbocycles. The summed E-state index contributed by atoms with van der Waals surface area (Å²) in [7, 11) is 3.60. The number of ether oxygens (including phenoxy) is 1. The predicted molar refractivity (Wildman–Crippen MR) is 65.1 cm³/mol. The summed E-state index contributed by atoms with van der Waals surface area (Å²) in [6.07, 6.45) is 1.67. The van der Waals surface area contributed by atoms with E-state index in [9.17, 15) is 5.11 Å². The van der Waals surface area contributed by atoms with Gasteiger partial charge in [-0.15, -0.1) is 0 Å². The molecule has 6 heteroatoms. The summed E-state index contributed by atoms with van der Waals surface area (Å²) in [6, 6.07) is 0. The molecule has 1 fully saturated rings. The molecule has 0 spiro atoms. The Bertz CT molecular complexity index is 363. The molecule has 0 aliphatic heterocycles. The molecule has 5 nitrogen and oxygen atoms in total. The number of hydrogen-bond acceptors (Lipinski definition) is 6. The number of nitrogens with two attached hydrogens (primary N) is 1. The second-order valence-electron chi connectivity index (χ2n) is 4.28. The van der Waals surface area contributed by atoms with Crippen molar-refractivity contribution in [2.24, 2.45) is 5.92 Å². The molecular formula is C10H17N3O2S. The number of aliphatic hydroxyl groups is 1. The molecule has 2 rings (SSSR count). The van der Waals surface area contributed by atoms with Gasteiger partial charge in [0, 0.05) is 13.6 Å². The van der Waals surface area contributed by atoms with E-state index in [1.807, 2.05) is 7.05 Å². The van der Waals surface area contributed by atoms with Crippen LogP contribution in [0.3, 0.4) is 0 Å². The Labute approximate surface area is 99.0 Å². The minimum Gasteiger partial charge on any atom is -0.490 e. The number of methoxy groups -OCH3 is 1. The Balaban J connectivity index is 2.00. The van der Waals surface area contributed by atoms with Crippen molar-refractivity contribution in [3.63, 3.8) is 0 Å². The van der Waals surface area contributed by atoms with Gasteiger partial charge < -0.3 is 20.5 Å². The van der Waals surface area contributed by atoms with E-state index in [2.05, 4.69) is 9.27 Å². The molecule has 90 valence electrons. The van der Waals surface area contributed by atoms with Crippen LogP contribution in [0.15, 0.2) is 0 Å². The van der Waals surface area contributed by atoms with Crippen LogP contribution in [-0.2, 0) is 0 Å². The van der Waals surface area contributed by atoms with Crippen molar-refractivity contribution in [3.8, 4) is 5.75 Å². The molecule has 1 aliphatic rings. The number of nitrogen functional groups attached to an aromatic ring is 1. The van der Waals surface area contributed by atoms with E-state index in [-0.39, 0.29) is 6.10 Å². The van der Waals surface area contributed by atoms with Crippen molar-refractivity contribution in [2.75, 3.05) is 31.3 Å². The maximum Gasteiger partial charge on any atom is 0.197 e. The summed E-state index contributed by atoms with van der Waals surface area (Å²) in [6.45, 7) is 0.912. The van der Waals surface area contributed by atoms with Crippen molar-refractivity contribution in [1.29, 1.82) is 0 Å². The van der Waals surface area contributed by atoms with Crippen LogP contribution in [-0.4, -0.2) is 36.3 Å². The van der Waals surface area contributed by atoms with Gasteiger partial charge in [0.05, 0.1) is 13.2 Å². The van der Waals surface area contributed by atoms with E-state index >= 15 is 0 Å². The zero-order chi connectivity index (χ0) is 11.7. The highest BCUT2D eigenvalue weighted by molar-refractivity contribution is 7.11. The van der Waals surface area contributed by atoms with Gasteiger partial charge in [-0.25, -0.2) is 0 Å². The highest BCUT2D eigenvalue weighted by Gasteiger charge is 2.29. The molecule has 0 amide bonds. The van der Waals surface area contributed by atoms with Crippen molar-refractivity contribution in [3.05, 3.63) is 0 Å². The molecule has 3 N–H and O–H groups in total. The first-order valence-corrected chi connectivity index (χ1v) is 6.07. The van der Waals surface area contributed by atoms with Crippen LogP contribution < -0.4 is 15.4 Å². The fourth-order valence-corrected chi connectivity index (χ4v) is 2.79. The molecule has 1 aromatic rings. The van der Waals surface area contributed by atoms with E-state index < -0.39 is 0 Å². The smallest absolute Gasteiger partial charge is 0.197 e. The Morgan fingerprint density at radius 2 is 2.31 bits per heavy atom. The van der Waals surface area contributed by atoms with Crippen molar-refractivity contribution in [2.45, 2.75) is 18.9 Å². The first-order valence-electron chi connectivity index (χ1n) is 5.30. The lowest BCUT2D eigenvalue weighted by Crippen LogP contribution is -2.36. The van der Waals surface area contributed by atoms with Gasteiger partial charge in [-0.1, -0.05) is 0 Å². The summed E-state index contributed by atoms with van der Waals surface area (Å²) in [5, 5.41) is 10.2. The molecule has 0 unspecified atom stereocenters. The normalized spacial score (nSPS) is 23.9. The van der Waals surface area contributed by atoms with Crippen LogP contribution in [0.25, 0.3) is 0 Å². The van der Waals surface area contributed by atoms with E-state index in [0.29, 0.717) is 17.5 Å². The summed E-state index contributed by atoms with van der Waals surface area (Å²) in [5.41, 5.74) is 5.70. The van der Waals surface area contributed by atoms with Crippen LogP contribution in [0.1, 0.15) is 12.8 Å². The Hall–Kier alpha value is -1.01. The summed E-state index contributed by atoms with van der Waals surface area (Å²) in [4.78, 5) is 2.10. The standard InChI is InChI=1S/C10H17N3O2S/c1-13(5-6-3-7(14)4-6)10-8(15-2)9(11)12-16-10/h6-7,14H,3-5H2,1-2H3,(H2,11,12). The zero-order valence-electron chi connectivity index (χ0n) is 9.51. The van der Waals surface area contributed by atoms with Crippen molar-refractivity contribution in [1.82, 2.24) is 4.37 Å². The SMILES string of the molecule is COc1c(N)nsc1N(C)CC1CC(O)C1. The number of aliphatic hydroxyl groups excluding tert-OH is 1. The van der Waals surface area contributed by atoms with Gasteiger partial charge in [0.2, 0.25) is 0 Å². The highest BCUT2D eigenvalue weighted by Crippen LogP contribution is 2.38. The fourth-order valence-electron chi connectivity index (χ4n) is 2.04. The summed E-state index contributed by atoms with van der Waals surface area (Å²) >= 11 is 1.35. The first kappa shape index (κ1) is 11.5. The quantitative estimate of drug-likeness (QED) is 0.823. The topological polar surface area (TPSA) is 71.6 Å². The predicted octanol–water partition coefficient (Wildman–Crippen LogP) is 0.941. The third-order valence-corrected chi connectivity index (χ3v) is 3.91. The lowest BCUT2D eigenvalue weighted by atomic mass is 9.82. The van der Waals surface area contributed by atoms with E-state index in [4.69, 9.17) is 10.5 Å². The van der Waals surface area contributed by atoms with Gasteiger partial charge >= 0.3 is 0 Å². The molecule has 1 aromatic heterocycles. The molecule has 0 bridgehead atoms. The fraction of sp³-hybridized carbons (Fsp3) is 0.700. The number of hydrogen-bond donors (Lipinski definition) is 2. The van der Waals surface area contributed by atoms with Gasteiger partial charge in [-0.2, -0.15) is 4.37 Å². The number of rotatable bonds is 4. The van der Waals surface area contributed by atoms with Gasteiger partial charge in [0.15, 0.2) is 16.6 Å². The minimum absolute atomic E-state index is 0.105. The Kier molecular flexibility index (Phi) is 3.20. The average molecular weight is 243 g/mol. The largest absolute Gasteiger partial charge is 0.490 e. The molecular weight excluding hydrogens is 226 g/mol. The van der Waals surface area contributed by atoms with Crippen LogP contribution >= 0.6 is 11.5 Å². The lowest BCUT2D eigenvalue weighted by Gasteiger charge is -2.34. The first-order chi connectivity index (χ1) is 7.61.